The largest absolute Gasteiger partial charge is 0.373 e. The van der Waals surface area contributed by atoms with Gasteiger partial charge in [0.1, 0.15) is 5.69 Å². The highest BCUT2D eigenvalue weighted by Crippen LogP contribution is 2.15. The zero-order valence-corrected chi connectivity index (χ0v) is 12.6. The molecule has 0 bridgehead atoms. The Bertz CT molecular complexity index is 491. The van der Waals surface area contributed by atoms with Crippen LogP contribution in [0, 0.1) is 17.2 Å². The first-order valence-electron chi connectivity index (χ1n) is 6.89. The first kappa shape index (κ1) is 16.0. The first-order valence-corrected chi connectivity index (χ1v) is 6.89. The van der Waals surface area contributed by atoms with Gasteiger partial charge in [-0.15, -0.1) is 0 Å². The predicted octanol–water partition coefficient (Wildman–Crippen LogP) is 2.16. The standard InChI is InChI=1S/C15H22N4O/c1-5-19(6-2)15(20)14-9-13(7-8-17-14)18(4)11-12(3)10-16/h7-9,12H,5-6,11H2,1-4H3. The van der Waals surface area contributed by atoms with Gasteiger partial charge in [0.25, 0.3) is 5.91 Å². The number of pyridine rings is 1. The van der Waals surface area contributed by atoms with E-state index in [2.05, 4.69) is 11.1 Å². The van der Waals surface area contributed by atoms with Crippen LogP contribution in [0.4, 0.5) is 5.69 Å². The van der Waals surface area contributed by atoms with Crippen LogP contribution in [0.3, 0.4) is 0 Å². The molecule has 1 rings (SSSR count). The average molecular weight is 274 g/mol. The molecule has 1 aromatic rings. The molecule has 108 valence electrons. The summed E-state index contributed by atoms with van der Waals surface area (Å²) in [7, 11) is 1.91. The summed E-state index contributed by atoms with van der Waals surface area (Å²) >= 11 is 0. The minimum absolute atomic E-state index is 0.0569. The molecule has 1 atom stereocenters. The molecule has 0 spiro atoms. The predicted molar refractivity (Wildman–Crippen MR) is 79.5 cm³/mol. The quantitative estimate of drug-likeness (QED) is 0.797. The Hall–Kier alpha value is -2.09. The molecule has 0 fully saturated rings. The molecular formula is C15H22N4O. The number of hydrogen-bond donors (Lipinski definition) is 0. The SMILES string of the molecule is CCN(CC)C(=O)c1cc(N(C)CC(C)C#N)ccn1. The fourth-order valence-electron chi connectivity index (χ4n) is 2.00. The van der Waals surface area contributed by atoms with Crippen molar-refractivity contribution in [3.63, 3.8) is 0 Å². The Morgan fingerprint density at radius 3 is 2.65 bits per heavy atom. The van der Waals surface area contributed by atoms with Crippen LogP contribution in [0.2, 0.25) is 0 Å². The highest BCUT2D eigenvalue weighted by Gasteiger charge is 2.15. The van der Waals surface area contributed by atoms with Gasteiger partial charge in [0.05, 0.1) is 12.0 Å². The van der Waals surface area contributed by atoms with Crippen molar-refractivity contribution in [1.29, 1.82) is 5.26 Å². The Morgan fingerprint density at radius 1 is 1.45 bits per heavy atom. The fraction of sp³-hybridized carbons (Fsp3) is 0.533. The summed E-state index contributed by atoms with van der Waals surface area (Å²) in [6.45, 7) is 7.74. The van der Waals surface area contributed by atoms with Gasteiger partial charge in [0.15, 0.2) is 0 Å². The third kappa shape index (κ3) is 3.95. The second-order valence-electron chi connectivity index (χ2n) is 4.79. The fourth-order valence-corrected chi connectivity index (χ4v) is 2.00. The Balaban J connectivity index is 2.90. The molecular weight excluding hydrogens is 252 g/mol. The molecule has 20 heavy (non-hydrogen) atoms. The van der Waals surface area contributed by atoms with Gasteiger partial charge in [0, 0.05) is 38.6 Å². The van der Waals surface area contributed by atoms with E-state index >= 15 is 0 Å². The smallest absolute Gasteiger partial charge is 0.272 e. The maximum Gasteiger partial charge on any atom is 0.272 e. The summed E-state index contributed by atoms with van der Waals surface area (Å²) in [5, 5.41) is 8.86. The monoisotopic (exact) mass is 274 g/mol. The minimum Gasteiger partial charge on any atom is -0.373 e. The van der Waals surface area contributed by atoms with E-state index in [1.807, 2.05) is 38.8 Å². The van der Waals surface area contributed by atoms with E-state index in [0.717, 1.165) is 5.69 Å². The lowest BCUT2D eigenvalue weighted by Gasteiger charge is -2.22. The third-order valence-electron chi connectivity index (χ3n) is 3.22. The summed E-state index contributed by atoms with van der Waals surface area (Å²) in [5.74, 6) is -0.117. The number of aromatic nitrogens is 1. The number of amides is 1. The Labute approximate surface area is 120 Å². The van der Waals surface area contributed by atoms with Crippen LogP contribution in [0.1, 0.15) is 31.3 Å². The normalized spacial score (nSPS) is 11.6. The number of rotatable bonds is 6. The second-order valence-corrected chi connectivity index (χ2v) is 4.79. The topological polar surface area (TPSA) is 60.2 Å². The zero-order valence-electron chi connectivity index (χ0n) is 12.6. The summed E-state index contributed by atoms with van der Waals surface area (Å²) in [6.07, 6.45) is 1.64. The molecule has 0 aliphatic rings. The molecule has 0 aliphatic heterocycles. The first-order chi connectivity index (χ1) is 9.53. The molecule has 5 heteroatoms. The Morgan fingerprint density at radius 2 is 2.10 bits per heavy atom. The molecule has 1 amide bonds. The second kappa shape index (κ2) is 7.49. The zero-order chi connectivity index (χ0) is 15.1. The van der Waals surface area contributed by atoms with Crippen molar-refractivity contribution in [3.05, 3.63) is 24.0 Å². The van der Waals surface area contributed by atoms with Gasteiger partial charge in [-0.2, -0.15) is 5.26 Å². The number of carbonyl (C=O) groups excluding carboxylic acids is 1. The Kier molecular flexibility index (Phi) is 5.98. The van der Waals surface area contributed by atoms with Crippen molar-refractivity contribution in [3.8, 4) is 6.07 Å². The average Bonchev–Trinajstić information content (AvgIpc) is 2.48. The van der Waals surface area contributed by atoms with E-state index in [-0.39, 0.29) is 11.8 Å². The van der Waals surface area contributed by atoms with Gasteiger partial charge in [-0.05, 0) is 32.9 Å². The number of nitrogens with zero attached hydrogens (tertiary/aromatic N) is 4. The summed E-state index contributed by atoms with van der Waals surface area (Å²) in [6, 6.07) is 5.84. The van der Waals surface area contributed by atoms with Crippen LogP contribution in [0.5, 0.6) is 0 Å². The number of anilines is 1. The van der Waals surface area contributed by atoms with Crippen molar-refractivity contribution in [2.45, 2.75) is 20.8 Å². The van der Waals surface area contributed by atoms with Gasteiger partial charge < -0.3 is 9.80 Å². The van der Waals surface area contributed by atoms with E-state index in [0.29, 0.717) is 25.3 Å². The number of nitriles is 1. The van der Waals surface area contributed by atoms with Gasteiger partial charge >= 0.3 is 0 Å². The van der Waals surface area contributed by atoms with Crippen molar-refractivity contribution < 1.29 is 4.79 Å². The number of carbonyl (C=O) groups is 1. The van der Waals surface area contributed by atoms with Gasteiger partial charge in [-0.1, -0.05) is 0 Å². The van der Waals surface area contributed by atoms with Crippen LogP contribution in [0.15, 0.2) is 18.3 Å². The molecule has 0 aromatic carbocycles. The van der Waals surface area contributed by atoms with E-state index in [4.69, 9.17) is 5.26 Å². The van der Waals surface area contributed by atoms with Gasteiger partial charge in [-0.25, -0.2) is 0 Å². The van der Waals surface area contributed by atoms with Crippen LogP contribution in [-0.4, -0.2) is 42.5 Å². The van der Waals surface area contributed by atoms with Crippen LogP contribution >= 0.6 is 0 Å². The molecule has 1 aromatic heterocycles. The maximum atomic E-state index is 12.3. The minimum atomic E-state index is -0.0601. The summed E-state index contributed by atoms with van der Waals surface area (Å²) < 4.78 is 0. The highest BCUT2D eigenvalue weighted by atomic mass is 16.2. The van der Waals surface area contributed by atoms with E-state index in [1.165, 1.54) is 0 Å². The lowest BCUT2D eigenvalue weighted by molar-refractivity contribution is 0.0767. The summed E-state index contributed by atoms with van der Waals surface area (Å²) in [4.78, 5) is 20.1. The number of hydrogen-bond acceptors (Lipinski definition) is 4. The summed E-state index contributed by atoms with van der Waals surface area (Å²) in [5.41, 5.74) is 1.35. The molecule has 0 N–H and O–H groups in total. The maximum absolute atomic E-state index is 12.3. The molecule has 1 unspecified atom stereocenters. The lowest BCUT2D eigenvalue weighted by Crippen LogP contribution is -2.31. The van der Waals surface area contributed by atoms with Crippen LogP contribution < -0.4 is 4.90 Å². The molecule has 5 nitrogen and oxygen atoms in total. The van der Waals surface area contributed by atoms with Crippen molar-refractivity contribution >= 4 is 11.6 Å². The van der Waals surface area contributed by atoms with Crippen molar-refractivity contribution in [2.24, 2.45) is 5.92 Å². The van der Waals surface area contributed by atoms with Gasteiger partial charge in [0.2, 0.25) is 0 Å². The van der Waals surface area contributed by atoms with Crippen molar-refractivity contribution in [2.75, 3.05) is 31.6 Å². The van der Waals surface area contributed by atoms with E-state index in [9.17, 15) is 4.79 Å². The molecule has 0 aliphatic carbocycles. The van der Waals surface area contributed by atoms with Gasteiger partial charge in [-0.3, -0.25) is 9.78 Å². The molecule has 0 saturated heterocycles. The highest BCUT2D eigenvalue weighted by molar-refractivity contribution is 5.93. The van der Waals surface area contributed by atoms with Crippen LogP contribution in [0.25, 0.3) is 0 Å². The molecule has 0 radical (unpaired) electrons. The van der Waals surface area contributed by atoms with E-state index in [1.54, 1.807) is 17.2 Å². The molecule has 1 heterocycles. The van der Waals surface area contributed by atoms with Crippen LogP contribution in [-0.2, 0) is 0 Å². The molecule has 0 saturated carbocycles. The van der Waals surface area contributed by atoms with E-state index < -0.39 is 0 Å². The third-order valence-corrected chi connectivity index (χ3v) is 3.22. The lowest BCUT2D eigenvalue weighted by atomic mass is 10.2. The van der Waals surface area contributed by atoms with Crippen molar-refractivity contribution in [1.82, 2.24) is 9.88 Å².